The van der Waals surface area contributed by atoms with Gasteiger partial charge in [-0.15, -0.1) is 0 Å². The van der Waals surface area contributed by atoms with E-state index < -0.39 is 23.4 Å². The highest BCUT2D eigenvalue weighted by molar-refractivity contribution is 5.94. The summed E-state index contributed by atoms with van der Waals surface area (Å²) in [6, 6.07) is 1.38. The summed E-state index contributed by atoms with van der Waals surface area (Å²) in [6.45, 7) is 1.09. The first-order valence-electron chi connectivity index (χ1n) is 5.26. The third-order valence-corrected chi connectivity index (χ3v) is 2.72. The molecule has 1 heterocycles. The SMILES string of the molecule is CON1CCN(C(=O)c2cc(F)c(F)c(F)c2)C1. The second-order valence-corrected chi connectivity index (χ2v) is 3.85. The lowest BCUT2D eigenvalue weighted by Gasteiger charge is -2.16. The van der Waals surface area contributed by atoms with Crippen molar-refractivity contribution in [2.45, 2.75) is 0 Å². The quantitative estimate of drug-likeness (QED) is 0.753. The Kier molecular flexibility index (Phi) is 3.53. The van der Waals surface area contributed by atoms with Gasteiger partial charge in [-0.2, -0.15) is 5.06 Å². The van der Waals surface area contributed by atoms with Crippen molar-refractivity contribution in [2.75, 3.05) is 26.9 Å². The van der Waals surface area contributed by atoms with Crippen LogP contribution in [0.2, 0.25) is 0 Å². The molecule has 18 heavy (non-hydrogen) atoms. The molecule has 1 saturated heterocycles. The fraction of sp³-hybridized carbons (Fsp3) is 0.364. The van der Waals surface area contributed by atoms with Crippen molar-refractivity contribution < 1.29 is 22.8 Å². The van der Waals surface area contributed by atoms with Gasteiger partial charge in [0.05, 0.1) is 13.8 Å². The number of nitrogens with zero attached hydrogens (tertiary/aromatic N) is 2. The Morgan fingerprint density at radius 2 is 1.83 bits per heavy atom. The molecule has 0 radical (unpaired) electrons. The molecule has 0 spiro atoms. The topological polar surface area (TPSA) is 32.8 Å². The van der Waals surface area contributed by atoms with E-state index in [9.17, 15) is 18.0 Å². The summed E-state index contributed by atoms with van der Waals surface area (Å²) in [5.74, 6) is -4.89. The van der Waals surface area contributed by atoms with Gasteiger partial charge in [0.15, 0.2) is 17.5 Å². The average Bonchev–Trinajstić information content (AvgIpc) is 2.83. The maximum Gasteiger partial charge on any atom is 0.255 e. The van der Waals surface area contributed by atoms with Crippen molar-refractivity contribution in [3.05, 3.63) is 35.1 Å². The van der Waals surface area contributed by atoms with E-state index in [1.807, 2.05) is 0 Å². The number of hydrogen-bond donors (Lipinski definition) is 0. The van der Waals surface area contributed by atoms with Crippen LogP contribution in [0, 0.1) is 17.5 Å². The number of rotatable bonds is 2. The van der Waals surface area contributed by atoms with E-state index >= 15 is 0 Å². The highest BCUT2D eigenvalue weighted by atomic mass is 19.2. The highest BCUT2D eigenvalue weighted by Crippen LogP contribution is 2.16. The zero-order valence-electron chi connectivity index (χ0n) is 9.62. The first-order chi connectivity index (χ1) is 8.52. The third kappa shape index (κ3) is 2.32. The van der Waals surface area contributed by atoms with E-state index in [2.05, 4.69) is 0 Å². The summed E-state index contributed by atoms with van der Waals surface area (Å²) >= 11 is 0. The fourth-order valence-electron chi connectivity index (χ4n) is 1.74. The molecule has 0 unspecified atom stereocenters. The molecule has 0 aliphatic carbocycles. The summed E-state index contributed by atoms with van der Waals surface area (Å²) < 4.78 is 38.8. The number of carbonyl (C=O) groups excluding carboxylic acids is 1. The van der Waals surface area contributed by atoms with E-state index in [0.717, 1.165) is 0 Å². The zero-order valence-corrected chi connectivity index (χ0v) is 9.62. The molecule has 4 nitrogen and oxygen atoms in total. The summed E-state index contributed by atoms with van der Waals surface area (Å²) in [6.07, 6.45) is 0. The molecule has 0 atom stereocenters. The highest BCUT2D eigenvalue weighted by Gasteiger charge is 2.26. The number of hydroxylamine groups is 2. The second-order valence-electron chi connectivity index (χ2n) is 3.85. The van der Waals surface area contributed by atoms with E-state index in [0.29, 0.717) is 25.2 Å². The van der Waals surface area contributed by atoms with Crippen LogP contribution in [-0.2, 0) is 4.84 Å². The molecular formula is C11H11F3N2O2. The molecule has 0 N–H and O–H groups in total. The Morgan fingerprint density at radius 1 is 1.22 bits per heavy atom. The molecule has 1 aromatic rings. The van der Waals surface area contributed by atoms with Gasteiger partial charge in [-0.3, -0.25) is 4.79 Å². The first kappa shape index (κ1) is 12.8. The summed E-state index contributed by atoms with van der Waals surface area (Å²) in [5, 5.41) is 1.52. The lowest BCUT2D eigenvalue weighted by Crippen LogP contribution is -2.31. The van der Waals surface area contributed by atoms with Crippen molar-refractivity contribution in [3.8, 4) is 0 Å². The van der Waals surface area contributed by atoms with Crippen molar-refractivity contribution in [2.24, 2.45) is 0 Å². The zero-order chi connectivity index (χ0) is 13.3. The Labute approximate surface area is 101 Å². The van der Waals surface area contributed by atoms with Crippen LogP contribution in [-0.4, -0.2) is 42.7 Å². The molecule has 1 fully saturated rings. The van der Waals surface area contributed by atoms with Crippen LogP contribution >= 0.6 is 0 Å². The monoisotopic (exact) mass is 260 g/mol. The van der Waals surface area contributed by atoms with E-state index in [-0.39, 0.29) is 12.2 Å². The average molecular weight is 260 g/mol. The molecule has 98 valence electrons. The van der Waals surface area contributed by atoms with Crippen LogP contribution in [0.4, 0.5) is 13.2 Å². The van der Waals surface area contributed by atoms with Crippen molar-refractivity contribution in [1.82, 2.24) is 9.96 Å². The van der Waals surface area contributed by atoms with Crippen LogP contribution in [0.1, 0.15) is 10.4 Å². The van der Waals surface area contributed by atoms with Crippen LogP contribution in [0.25, 0.3) is 0 Å². The minimum atomic E-state index is -1.58. The number of halogens is 3. The number of hydrogen-bond acceptors (Lipinski definition) is 3. The summed E-state index contributed by atoms with van der Waals surface area (Å²) in [7, 11) is 1.46. The van der Waals surface area contributed by atoms with Crippen LogP contribution in [0.3, 0.4) is 0 Å². The molecule has 1 aromatic carbocycles. The van der Waals surface area contributed by atoms with Gasteiger partial charge in [0.1, 0.15) is 0 Å². The smallest absolute Gasteiger partial charge is 0.255 e. The van der Waals surface area contributed by atoms with Gasteiger partial charge in [0.25, 0.3) is 5.91 Å². The lowest BCUT2D eigenvalue weighted by molar-refractivity contribution is -0.119. The minimum absolute atomic E-state index is 0.204. The van der Waals surface area contributed by atoms with E-state index in [1.54, 1.807) is 0 Å². The van der Waals surface area contributed by atoms with Crippen LogP contribution in [0.5, 0.6) is 0 Å². The van der Waals surface area contributed by atoms with Gasteiger partial charge < -0.3 is 9.74 Å². The molecule has 0 saturated carbocycles. The van der Waals surface area contributed by atoms with Gasteiger partial charge in [0, 0.05) is 18.7 Å². The third-order valence-electron chi connectivity index (χ3n) is 2.72. The Bertz CT molecular complexity index is 458. The van der Waals surface area contributed by atoms with Crippen molar-refractivity contribution in [1.29, 1.82) is 0 Å². The van der Waals surface area contributed by atoms with E-state index in [1.165, 1.54) is 17.1 Å². The fourth-order valence-corrected chi connectivity index (χ4v) is 1.74. The Morgan fingerprint density at radius 3 is 2.33 bits per heavy atom. The summed E-state index contributed by atoms with van der Waals surface area (Å²) in [5.41, 5.74) is -0.218. The number of carbonyl (C=O) groups is 1. The maximum atomic E-state index is 13.0. The van der Waals surface area contributed by atoms with Gasteiger partial charge in [0.2, 0.25) is 0 Å². The lowest BCUT2D eigenvalue weighted by atomic mass is 10.2. The summed E-state index contributed by atoms with van der Waals surface area (Å²) in [4.78, 5) is 18.2. The standard InChI is InChI=1S/C11H11F3N2O2/c1-18-16-3-2-15(6-16)11(17)7-4-8(12)10(14)9(13)5-7/h4-5H,2-3,6H2,1H3. The first-order valence-corrected chi connectivity index (χ1v) is 5.26. The molecule has 1 amide bonds. The van der Waals surface area contributed by atoms with Gasteiger partial charge in [-0.25, -0.2) is 13.2 Å². The second kappa shape index (κ2) is 4.95. The van der Waals surface area contributed by atoms with Crippen molar-refractivity contribution >= 4 is 5.91 Å². The molecule has 2 rings (SSSR count). The minimum Gasteiger partial charge on any atom is -0.322 e. The maximum absolute atomic E-state index is 13.0. The Hall–Kier alpha value is -1.60. The largest absolute Gasteiger partial charge is 0.322 e. The van der Waals surface area contributed by atoms with Gasteiger partial charge in [-0.1, -0.05) is 0 Å². The van der Waals surface area contributed by atoms with Gasteiger partial charge >= 0.3 is 0 Å². The Balaban J connectivity index is 2.19. The molecule has 1 aliphatic heterocycles. The predicted molar refractivity (Wildman–Crippen MR) is 55.9 cm³/mol. The normalized spacial score (nSPS) is 16.3. The molecule has 0 bridgehead atoms. The van der Waals surface area contributed by atoms with E-state index in [4.69, 9.17) is 4.84 Å². The molecule has 0 aromatic heterocycles. The molecule has 1 aliphatic rings. The van der Waals surface area contributed by atoms with Crippen LogP contribution in [0.15, 0.2) is 12.1 Å². The molecular weight excluding hydrogens is 249 g/mol. The number of amides is 1. The number of benzene rings is 1. The van der Waals surface area contributed by atoms with Crippen LogP contribution < -0.4 is 0 Å². The predicted octanol–water partition coefficient (Wildman–Crippen LogP) is 1.38. The van der Waals surface area contributed by atoms with Crippen molar-refractivity contribution in [3.63, 3.8) is 0 Å². The van der Waals surface area contributed by atoms with Gasteiger partial charge in [-0.05, 0) is 12.1 Å². The molecule has 7 heteroatoms.